The summed E-state index contributed by atoms with van der Waals surface area (Å²) in [5.74, 6) is 1.83. The fourth-order valence-corrected chi connectivity index (χ4v) is 6.43. The normalized spacial score (nSPS) is 21.5. The maximum atomic E-state index is 2.54. The first-order valence-corrected chi connectivity index (χ1v) is 13.6. The van der Waals surface area contributed by atoms with Crippen LogP contribution in [0, 0.1) is 11.8 Å². The topological polar surface area (TPSA) is 0 Å². The van der Waals surface area contributed by atoms with Crippen molar-refractivity contribution in [3.05, 3.63) is 130 Å². The predicted octanol–water partition coefficient (Wildman–Crippen LogP) is 8.96. The largest absolute Gasteiger partial charge is 0.0795 e. The van der Waals surface area contributed by atoms with Crippen molar-refractivity contribution in [1.29, 1.82) is 0 Å². The summed E-state index contributed by atoms with van der Waals surface area (Å²) in [5, 5.41) is 0. The van der Waals surface area contributed by atoms with Crippen LogP contribution in [0.2, 0.25) is 0 Å². The third-order valence-corrected chi connectivity index (χ3v) is 8.31. The monoisotopic (exact) mass is 456 g/mol. The van der Waals surface area contributed by atoms with Crippen LogP contribution in [0.5, 0.6) is 0 Å². The number of allylic oxidation sites excluding steroid dienone is 10. The molecule has 0 heterocycles. The van der Waals surface area contributed by atoms with Crippen LogP contribution in [-0.4, -0.2) is 0 Å². The van der Waals surface area contributed by atoms with Gasteiger partial charge in [0.25, 0.3) is 0 Å². The number of hydrogen-bond acceptors (Lipinski definition) is 0. The minimum Gasteiger partial charge on any atom is -0.0795 e. The van der Waals surface area contributed by atoms with Crippen LogP contribution in [0.3, 0.4) is 0 Å². The van der Waals surface area contributed by atoms with E-state index in [1.807, 2.05) is 0 Å². The van der Waals surface area contributed by atoms with Crippen molar-refractivity contribution in [1.82, 2.24) is 0 Å². The Morgan fingerprint density at radius 3 is 2.17 bits per heavy atom. The summed E-state index contributed by atoms with van der Waals surface area (Å²) in [6, 6.07) is 13.5. The molecule has 0 amide bonds. The van der Waals surface area contributed by atoms with Gasteiger partial charge in [0.2, 0.25) is 0 Å². The molecule has 0 heteroatoms. The van der Waals surface area contributed by atoms with Gasteiger partial charge in [0.1, 0.15) is 0 Å². The highest BCUT2D eigenvalue weighted by molar-refractivity contribution is 5.66. The second kappa shape index (κ2) is 9.86. The number of rotatable bonds is 4. The van der Waals surface area contributed by atoms with Gasteiger partial charge in [-0.15, -0.1) is 0 Å². The fourth-order valence-electron chi connectivity index (χ4n) is 6.43. The Labute approximate surface area is 211 Å². The summed E-state index contributed by atoms with van der Waals surface area (Å²) in [7, 11) is 0. The van der Waals surface area contributed by atoms with Crippen molar-refractivity contribution in [2.45, 2.75) is 57.8 Å². The molecule has 1 saturated carbocycles. The van der Waals surface area contributed by atoms with Crippen LogP contribution < -0.4 is 0 Å². The Morgan fingerprint density at radius 1 is 0.714 bits per heavy atom. The highest BCUT2D eigenvalue weighted by atomic mass is 14.3. The molecule has 7 rings (SSSR count). The van der Waals surface area contributed by atoms with Gasteiger partial charge in [-0.25, -0.2) is 0 Å². The molecule has 0 bridgehead atoms. The first-order chi connectivity index (χ1) is 17.2. The van der Waals surface area contributed by atoms with Crippen LogP contribution in [-0.2, 0) is 19.3 Å². The highest BCUT2D eigenvalue weighted by Gasteiger charge is 2.22. The van der Waals surface area contributed by atoms with E-state index in [1.54, 1.807) is 11.1 Å². The van der Waals surface area contributed by atoms with Gasteiger partial charge in [-0.2, -0.15) is 0 Å². The predicted molar refractivity (Wildman–Crippen MR) is 150 cm³/mol. The molecule has 1 fully saturated rings. The van der Waals surface area contributed by atoms with Gasteiger partial charge in [-0.1, -0.05) is 104 Å². The van der Waals surface area contributed by atoms with E-state index in [2.05, 4.69) is 104 Å². The maximum Gasteiger partial charge on any atom is -0.000101 e. The van der Waals surface area contributed by atoms with Crippen molar-refractivity contribution < 1.29 is 0 Å². The molecular weight excluding hydrogens is 420 g/mol. The van der Waals surface area contributed by atoms with E-state index in [0.29, 0.717) is 17.8 Å². The zero-order chi connectivity index (χ0) is 23.6. The van der Waals surface area contributed by atoms with Gasteiger partial charge in [0.15, 0.2) is 0 Å². The summed E-state index contributed by atoms with van der Waals surface area (Å²) >= 11 is 0. The van der Waals surface area contributed by atoms with Gasteiger partial charge < -0.3 is 0 Å². The number of fused-ring (bicyclic) bond motifs is 3. The molecule has 0 aliphatic heterocycles. The summed E-state index contributed by atoms with van der Waals surface area (Å²) in [6.45, 7) is 2.29. The molecule has 0 saturated heterocycles. The van der Waals surface area contributed by atoms with E-state index < -0.39 is 0 Å². The molecule has 35 heavy (non-hydrogen) atoms. The lowest BCUT2D eigenvalue weighted by molar-refractivity contribution is 0.682. The van der Waals surface area contributed by atoms with Crippen molar-refractivity contribution in [3.8, 4) is 0 Å². The molecule has 0 spiro atoms. The first-order valence-electron chi connectivity index (χ1n) is 13.6. The molecule has 0 nitrogen and oxygen atoms in total. The summed E-state index contributed by atoms with van der Waals surface area (Å²) in [6.07, 6.45) is 31.9. The van der Waals surface area contributed by atoms with Crippen molar-refractivity contribution in [3.63, 3.8) is 0 Å². The molecule has 1 atom stereocenters. The SMILES string of the molecule is C1=CC(Cc2cccc3c2C=CC3)C=C1.CC1C=Cc2c(CC3C=C4CCCCC4=C3)cccc21. The maximum absolute atomic E-state index is 2.54. The lowest BCUT2D eigenvalue weighted by Gasteiger charge is -2.13. The third kappa shape index (κ3) is 4.72. The molecule has 5 aliphatic carbocycles. The zero-order valence-electron chi connectivity index (χ0n) is 20.9. The third-order valence-electron chi connectivity index (χ3n) is 8.31. The van der Waals surface area contributed by atoms with E-state index in [0.717, 1.165) is 12.8 Å². The van der Waals surface area contributed by atoms with Gasteiger partial charge in [0.05, 0.1) is 0 Å². The Hall–Kier alpha value is -3.12. The molecular formula is C35H36. The average Bonchev–Trinajstić information content (AvgIpc) is 3.67. The lowest BCUT2D eigenvalue weighted by atomic mass is 9.92. The molecule has 0 radical (unpaired) electrons. The van der Waals surface area contributed by atoms with Crippen molar-refractivity contribution in [2.24, 2.45) is 11.8 Å². The van der Waals surface area contributed by atoms with Crippen LogP contribution in [0.4, 0.5) is 0 Å². The molecule has 2 aromatic rings. The highest BCUT2D eigenvalue weighted by Crippen LogP contribution is 2.38. The lowest BCUT2D eigenvalue weighted by Crippen LogP contribution is -2.00. The summed E-state index contributed by atoms with van der Waals surface area (Å²) in [5.41, 5.74) is 12.3. The van der Waals surface area contributed by atoms with Gasteiger partial charge in [0, 0.05) is 0 Å². The summed E-state index contributed by atoms with van der Waals surface area (Å²) < 4.78 is 0. The van der Waals surface area contributed by atoms with E-state index >= 15 is 0 Å². The molecule has 1 unspecified atom stereocenters. The van der Waals surface area contributed by atoms with E-state index in [1.165, 1.54) is 65.5 Å². The van der Waals surface area contributed by atoms with E-state index in [9.17, 15) is 0 Å². The standard InChI is InChI=1S/C20H22.C15H14/c1-14-9-10-20-18(7-4-8-19(14)20)13-15-11-16-5-2-3-6-17(16)12-15;1-2-6-12(5-1)11-14-9-3-7-13-8-4-10-15(13)14/h4,7-12,14-15H,2-3,5-6,13H2,1H3;1-7,9-10,12H,8,11H2. The minimum atomic E-state index is 0.591. The smallest absolute Gasteiger partial charge is 0.000101 e. The molecule has 176 valence electrons. The number of hydrogen-bond donors (Lipinski definition) is 0. The van der Waals surface area contributed by atoms with Crippen LogP contribution in [0.25, 0.3) is 12.2 Å². The Balaban J connectivity index is 0.000000136. The molecule has 5 aliphatic rings. The summed E-state index contributed by atoms with van der Waals surface area (Å²) in [4.78, 5) is 0. The van der Waals surface area contributed by atoms with Crippen LogP contribution in [0.15, 0.2) is 96.2 Å². The number of benzene rings is 2. The Morgan fingerprint density at radius 2 is 1.40 bits per heavy atom. The molecule has 0 aromatic heterocycles. The van der Waals surface area contributed by atoms with Crippen LogP contribution >= 0.6 is 0 Å². The van der Waals surface area contributed by atoms with Gasteiger partial charge in [-0.05, 0) is 107 Å². The Bertz CT molecular complexity index is 1260. The van der Waals surface area contributed by atoms with Gasteiger partial charge >= 0.3 is 0 Å². The molecule has 0 N–H and O–H groups in total. The van der Waals surface area contributed by atoms with Crippen LogP contribution in [0.1, 0.15) is 71.9 Å². The Kier molecular flexibility index (Phi) is 6.30. The van der Waals surface area contributed by atoms with Crippen molar-refractivity contribution in [2.75, 3.05) is 0 Å². The quantitative estimate of drug-likeness (QED) is 0.431. The second-order valence-electron chi connectivity index (χ2n) is 10.8. The van der Waals surface area contributed by atoms with E-state index in [-0.39, 0.29) is 0 Å². The first kappa shape index (κ1) is 22.4. The minimum absolute atomic E-state index is 0.591. The molecule has 2 aromatic carbocycles. The zero-order valence-corrected chi connectivity index (χ0v) is 20.9. The second-order valence-corrected chi connectivity index (χ2v) is 10.8. The van der Waals surface area contributed by atoms with E-state index in [4.69, 9.17) is 0 Å². The van der Waals surface area contributed by atoms with Crippen molar-refractivity contribution >= 4 is 12.2 Å². The van der Waals surface area contributed by atoms with Gasteiger partial charge in [-0.3, -0.25) is 0 Å². The average molecular weight is 457 g/mol. The fraction of sp³-hybridized carbons (Fsp3) is 0.314.